The Bertz CT molecular complexity index is 479. The van der Waals surface area contributed by atoms with Crippen LogP contribution in [0.15, 0.2) is 35.0 Å². The van der Waals surface area contributed by atoms with Gasteiger partial charge in [0.1, 0.15) is 11.5 Å². The summed E-state index contributed by atoms with van der Waals surface area (Å²) in [5, 5.41) is 6.32. The van der Waals surface area contributed by atoms with Crippen LogP contribution in [0.1, 0.15) is 23.2 Å². The molecule has 5 nitrogen and oxygen atoms in total. The topological polar surface area (TPSA) is 68.0 Å². The largest absolute Gasteiger partial charge is 0.359 e. The summed E-state index contributed by atoms with van der Waals surface area (Å²) < 4.78 is 4.97. The fourth-order valence-electron chi connectivity index (χ4n) is 1.22. The van der Waals surface area contributed by atoms with Crippen LogP contribution in [0.3, 0.4) is 0 Å². The van der Waals surface area contributed by atoms with Gasteiger partial charge in [-0.1, -0.05) is 18.1 Å². The quantitative estimate of drug-likeness (QED) is 0.852. The Morgan fingerprint density at radius 2 is 2.38 bits per heavy atom. The van der Waals surface area contributed by atoms with Crippen LogP contribution in [-0.2, 0) is 6.42 Å². The van der Waals surface area contributed by atoms with E-state index >= 15 is 0 Å². The SMILES string of the molecule is CCc1cc(NC(=O)c2ccccn2)no1. The summed E-state index contributed by atoms with van der Waals surface area (Å²) in [4.78, 5) is 15.6. The van der Waals surface area contributed by atoms with Gasteiger partial charge in [-0.05, 0) is 12.1 Å². The lowest BCUT2D eigenvalue weighted by Crippen LogP contribution is -2.13. The third kappa shape index (κ3) is 2.25. The smallest absolute Gasteiger partial charge is 0.275 e. The van der Waals surface area contributed by atoms with Gasteiger partial charge in [-0.15, -0.1) is 0 Å². The van der Waals surface area contributed by atoms with Crippen LogP contribution in [0.2, 0.25) is 0 Å². The molecule has 0 saturated heterocycles. The van der Waals surface area contributed by atoms with Crippen molar-refractivity contribution in [2.75, 3.05) is 5.32 Å². The van der Waals surface area contributed by atoms with Crippen molar-refractivity contribution in [1.82, 2.24) is 10.1 Å². The van der Waals surface area contributed by atoms with Crippen molar-refractivity contribution in [3.63, 3.8) is 0 Å². The van der Waals surface area contributed by atoms with E-state index in [-0.39, 0.29) is 5.91 Å². The first kappa shape index (κ1) is 10.4. The van der Waals surface area contributed by atoms with Crippen LogP contribution in [0, 0.1) is 0 Å². The number of pyridine rings is 1. The van der Waals surface area contributed by atoms with Gasteiger partial charge in [-0.2, -0.15) is 0 Å². The molecule has 5 heteroatoms. The van der Waals surface area contributed by atoms with E-state index in [1.165, 1.54) is 0 Å². The van der Waals surface area contributed by atoms with Crippen molar-refractivity contribution >= 4 is 11.7 Å². The molecule has 0 unspecified atom stereocenters. The molecule has 2 aromatic rings. The number of amides is 1. The van der Waals surface area contributed by atoms with Crippen LogP contribution in [0.25, 0.3) is 0 Å². The monoisotopic (exact) mass is 217 g/mol. The number of aromatic nitrogens is 2. The highest BCUT2D eigenvalue weighted by atomic mass is 16.5. The molecule has 0 aliphatic rings. The lowest BCUT2D eigenvalue weighted by atomic mass is 10.3. The fourth-order valence-corrected chi connectivity index (χ4v) is 1.22. The Morgan fingerprint density at radius 1 is 1.50 bits per heavy atom. The number of rotatable bonds is 3. The number of nitrogens with zero attached hydrogens (tertiary/aromatic N) is 2. The molecule has 82 valence electrons. The molecule has 0 saturated carbocycles. The second-order valence-electron chi connectivity index (χ2n) is 3.20. The van der Waals surface area contributed by atoms with Gasteiger partial charge in [0.15, 0.2) is 5.82 Å². The van der Waals surface area contributed by atoms with Gasteiger partial charge in [0.05, 0.1) is 0 Å². The molecule has 1 N–H and O–H groups in total. The number of anilines is 1. The van der Waals surface area contributed by atoms with E-state index in [2.05, 4.69) is 15.5 Å². The van der Waals surface area contributed by atoms with Crippen LogP contribution >= 0.6 is 0 Å². The molecule has 0 aliphatic carbocycles. The van der Waals surface area contributed by atoms with Gasteiger partial charge in [-0.3, -0.25) is 9.78 Å². The zero-order valence-corrected chi connectivity index (χ0v) is 8.80. The summed E-state index contributed by atoms with van der Waals surface area (Å²) in [6.07, 6.45) is 2.31. The summed E-state index contributed by atoms with van der Waals surface area (Å²) in [5.41, 5.74) is 0.351. The summed E-state index contributed by atoms with van der Waals surface area (Å²) in [5.74, 6) is 0.848. The van der Waals surface area contributed by atoms with Crippen molar-refractivity contribution in [3.8, 4) is 0 Å². The number of aryl methyl sites for hydroxylation is 1. The fraction of sp³-hybridized carbons (Fsp3) is 0.182. The molecular weight excluding hydrogens is 206 g/mol. The standard InChI is InChI=1S/C11H11N3O2/c1-2-8-7-10(14-16-8)13-11(15)9-5-3-4-6-12-9/h3-7H,2H2,1H3,(H,13,14,15). The maximum atomic E-state index is 11.7. The zero-order chi connectivity index (χ0) is 11.4. The Labute approximate surface area is 92.5 Å². The summed E-state index contributed by atoms with van der Waals surface area (Å²) in [6.45, 7) is 1.95. The Balaban J connectivity index is 2.08. The lowest BCUT2D eigenvalue weighted by molar-refractivity contribution is 0.102. The predicted octanol–water partition coefficient (Wildman–Crippen LogP) is 1.88. The van der Waals surface area contributed by atoms with Crippen molar-refractivity contribution in [3.05, 3.63) is 41.9 Å². The van der Waals surface area contributed by atoms with Gasteiger partial charge in [0.25, 0.3) is 5.91 Å². The third-order valence-corrected chi connectivity index (χ3v) is 2.05. The van der Waals surface area contributed by atoms with Gasteiger partial charge < -0.3 is 9.84 Å². The molecular formula is C11H11N3O2. The van der Waals surface area contributed by atoms with E-state index < -0.39 is 0 Å². The minimum absolute atomic E-state index is 0.295. The highest BCUT2D eigenvalue weighted by molar-refractivity contribution is 6.02. The molecule has 0 aromatic carbocycles. The van der Waals surface area contributed by atoms with Crippen molar-refractivity contribution in [1.29, 1.82) is 0 Å². The Hall–Kier alpha value is -2.17. The van der Waals surface area contributed by atoms with Gasteiger partial charge in [-0.25, -0.2) is 0 Å². The molecule has 2 aromatic heterocycles. The van der Waals surface area contributed by atoms with Crippen molar-refractivity contribution < 1.29 is 9.32 Å². The van der Waals surface area contributed by atoms with Crippen molar-refractivity contribution in [2.24, 2.45) is 0 Å². The number of carbonyl (C=O) groups is 1. The first-order chi connectivity index (χ1) is 7.79. The zero-order valence-electron chi connectivity index (χ0n) is 8.80. The van der Waals surface area contributed by atoms with Crippen LogP contribution in [0.5, 0.6) is 0 Å². The Kier molecular flexibility index (Phi) is 2.95. The van der Waals surface area contributed by atoms with E-state index in [9.17, 15) is 4.79 Å². The maximum Gasteiger partial charge on any atom is 0.275 e. The predicted molar refractivity (Wildman–Crippen MR) is 58.1 cm³/mol. The molecule has 0 fully saturated rings. The first-order valence-corrected chi connectivity index (χ1v) is 4.97. The molecule has 0 bridgehead atoms. The molecule has 0 radical (unpaired) electrons. The van der Waals surface area contributed by atoms with E-state index in [0.717, 1.165) is 12.2 Å². The number of carbonyl (C=O) groups excluding carboxylic acids is 1. The molecule has 2 rings (SSSR count). The molecule has 2 heterocycles. The highest BCUT2D eigenvalue weighted by Gasteiger charge is 2.09. The highest BCUT2D eigenvalue weighted by Crippen LogP contribution is 2.10. The third-order valence-electron chi connectivity index (χ3n) is 2.05. The molecule has 16 heavy (non-hydrogen) atoms. The minimum Gasteiger partial charge on any atom is -0.359 e. The van der Waals surface area contributed by atoms with Crippen molar-refractivity contribution in [2.45, 2.75) is 13.3 Å². The summed E-state index contributed by atoms with van der Waals surface area (Å²) in [6, 6.07) is 6.83. The first-order valence-electron chi connectivity index (χ1n) is 4.97. The van der Waals surface area contributed by atoms with Gasteiger partial charge in [0, 0.05) is 18.7 Å². The van der Waals surface area contributed by atoms with E-state index in [4.69, 9.17) is 4.52 Å². The number of hydrogen-bond acceptors (Lipinski definition) is 4. The molecule has 0 atom stereocenters. The Morgan fingerprint density at radius 3 is 3.00 bits per heavy atom. The number of nitrogens with one attached hydrogen (secondary N) is 1. The normalized spacial score (nSPS) is 10.1. The van der Waals surface area contributed by atoms with Crippen LogP contribution in [-0.4, -0.2) is 16.0 Å². The van der Waals surface area contributed by atoms with E-state index in [1.54, 1.807) is 30.5 Å². The average molecular weight is 217 g/mol. The number of hydrogen-bond donors (Lipinski definition) is 1. The van der Waals surface area contributed by atoms with E-state index in [0.29, 0.717) is 11.5 Å². The second-order valence-corrected chi connectivity index (χ2v) is 3.20. The summed E-state index contributed by atoms with van der Waals surface area (Å²) in [7, 11) is 0. The van der Waals surface area contributed by atoms with Crippen LogP contribution in [0.4, 0.5) is 5.82 Å². The molecule has 0 spiro atoms. The maximum absolute atomic E-state index is 11.7. The average Bonchev–Trinajstić information content (AvgIpc) is 2.78. The lowest BCUT2D eigenvalue weighted by Gasteiger charge is -1.98. The summed E-state index contributed by atoms with van der Waals surface area (Å²) >= 11 is 0. The molecule has 0 aliphatic heterocycles. The second kappa shape index (κ2) is 4.57. The van der Waals surface area contributed by atoms with Gasteiger partial charge in [0.2, 0.25) is 0 Å². The minimum atomic E-state index is -0.295. The van der Waals surface area contributed by atoms with Gasteiger partial charge >= 0.3 is 0 Å². The molecule has 1 amide bonds. The van der Waals surface area contributed by atoms with E-state index in [1.807, 2.05) is 6.92 Å². The van der Waals surface area contributed by atoms with Crippen LogP contribution < -0.4 is 5.32 Å².